The minimum absolute atomic E-state index is 0.220. The average molecular weight is 449 g/mol. The summed E-state index contributed by atoms with van der Waals surface area (Å²) in [6.45, 7) is 0.239. The molecule has 3 N–H and O–H groups in total. The molecule has 0 aliphatic rings. The molecule has 0 unspecified atom stereocenters. The van der Waals surface area contributed by atoms with E-state index >= 15 is 0 Å². The average Bonchev–Trinajstić information content (AvgIpc) is 2.78. The molecule has 1 aromatic heterocycles. The van der Waals surface area contributed by atoms with Gasteiger partial charge in [0.25, 0.3) is 5.91 Å². The smallest absolute Gasteiger partial charge is 0.257 e. The first-order valence-electron chi connectivity index (χ1n) is 5.76. The number of carbonyl (C=O) groups is 1. The molecule has 0 bridgehead atoms. The Kier molecular flexibility index (Phi) is 5.85. The van der Waals surface area contributed by atoms with Crippen LogP contribution in [0, 0.1) is 11.8 Å². The van der Waals surface area contributed by atoms with Crippen molar-refractivity contribution in [3.05, 3.63) is 48.0 Å². The molecule has 0 saturated carbocycles. The number of halogens is 3. The monoisotopic (exact) mass is 446 g/mol. The number of thiophene rings is 1. The van der Waals surface area contributed by atoms with Crippen LogP contribution in [0.25, 0.3) is 0 Å². The Hall–Kier alpha value is -0.840. The molecule has 0 spiro atoms. The van der Waals surface area contributed by atoms with E-state index in [-0.39, 0.29) is 12.5 Å². The van der Waals surface area contributed by atoms with Crippen molar-refractivity contribution in [1.82, 2.24) is 0 Å². The van der Waals surface area contributed by atoms with Crippen molar-refractivity contribution in [2.75, 3.05) is 11.9 Å². The third-order valence-electron chi connectivity index (χ3n) is 2.46. The highest BCUT2D eigenvalue weighted by atomic mass is 79.9. The number of rotatable bonds is 2. The highest BCUT2D eigenvalue weighted by Gasteiger charge is 2.15. The molecule has 0 radical (unpaired) electrons. The Morgan fingerprint density at radius 2 is 2.14 bits per heavy atom. The molecule has 7 heteroatoms. The summed E-state index contributed by atoms with van der Waals surface area (Å²) in [5.41, 5.74) is 7.16. The fraction of sp³-hybridized carbons (Fsp3) is 0.0714. The molecule has 0 aliphatic carbocycles. The van der Waals surface area contributed by atoms with Gasteiger partial charge in [0, 0.05) is 10.6 Å². The summed E-state index contributed by atoms with van der Waals surface area (Å²) in [7, 11) is 0. The lowest BCUT2D eigenvalue weighted by molar-refractivity contribution is 0.102. The van der Waals surface area contributed by atoms with E-state index in [1.165, 1.54) is 11.3 Å². The maximum atomic E-state index is 12.3. The molecule has 1 heterocycles. The lowest BCUT2D eigenvalue weighted by atomic mass is 10.1. The molecule has 0 saturated heterocycles. The van der Waals surface area contributed by atoms with E-state index in [4.69, 9.17) is 17.3 Å². The minimum atomic E-state index is -0.220. The van der Waals surface area contributed by atoms with Gasteiger partial charge in [-0.25, -0.2) is 0 Å². The van der Waals surface area contributed by atoms with Gasteiger partial charge in [-0.15, -0.1) is 11.3 Å². The third kappa shape index (κ3) is 4.31. The van der Waals surface area contributed by atoms with Gasteiger partial charge in [-0.05, 0) is 56.1 Å². The first-order chi connectivity index (χ1) is 10.0. The molecule has 108 valence electrons. The second-order valence-corrected chi connectivity index (χ2v) is 8.07. The molecular formula is C14H9Br2ClN2OS. The highest BCUT2D eigenvalue weighted by Crippen LogP contribution is 2.32. The van der Waals surface area contributed by atoms with Crippen LogP contribution in [-0.4, -0.2) is 12.5 Å². The lowest BCUT2D eigenvalue weighted by Gasteiger charge is -2.07. The molecule has 0 aliphatic heterocycles. The number of hydrogen-bond acceptors (Lipinski definition) is 3. The Balaban J connectivity index is 2.31. The fourth-order valence-corrected chi connectivity index (χ4v) is 4.53. The quantitative estimate of drug-likeness (QED) is 0.665. The standard InChI is InChI=1S/C14H9Br2ClN2OS/c15-12-7-10(13(16)21-12)14(20)19-11-4-3-9(17)6-8(11)2-1-5-18/h3-4,6-7H,5,18H2,(H,19,20). The van der Waals surface area contributed by atoms with E-state index < -0.39 is 0 Å². The van der Waals surface area contributed by atoms with Crippen LogP contribution >= 0.6 is 54.8 Å². The van der Waals surface area contributed by atoms with Crippen molar-refractivity contribution in [2.45, 2.75) is 0 Å². The van der Waals surface area contributed by atoms with Gasteiger partial charge in [-0.3, -0.25) is 4.79 Å². The van der Waals surface area contributed by atoms with E-state index in [9.17, 15) is 4.79 Å². The van der Waals surface area contributed by atoms with E-state index in [0.717, 1.165) is 7.57 Å². The zero-order valence-electron chi connectivity index (χ0n) is 10.5. The Morgan fingerprint density at radius 1 is 1.38 bits per heavy atom. The summed E-state index contributed by atoms with van der Waals surface area (Å²) in [5, 5.41) is 3.38. The van der Waals surface area contributed by atoms with Gasteiger partial charge in [0.1, 0.15) is 0 Å². The maximum Gasteiger partial charge on any atom is 0.257 e. The summed E-state index contributed by atoms with van der Waals surface area (Å²) >= 11 is 14.1. The number of hydrogen-bond donors (Lipinski definition) is 2. The zero-order valence-corrected chi connectivity index (χ0v) is 15.3. The van der Waals surface area contributed by atoms with E-state index in [1.54, 1.807) is 24.3 Å². The summed E-state index contributed by atoms with van der Waals surface area (Å²) in [6.07, 6.45) is 0. The zero-order chi connectivity index (χ0) is 15.4. The number of nitrogens with one attached hydrogen (secondary N) is 1. The topological polar surface area (TPSA) is 55.1 Å². The lowest BCUT2D eigenvalue weighted by Crippen LogP contribution is -2.12. The van der Waals surface area contributed by atoms with Crippen LogP contribution < -0.4 is 11.1 Å². The van der Waals surface area contributed by atoms with E-state index in [1.807, 2.05) is 0 Å². The minimum Gasteiger partial charge on any atom is -0.321 e. The van der Waals surface area contributed by atoms with Crippen molar-refractivity contribution < 1.29 is 4.79 Å². The first-order valence-corrected chi connectivity index (χ1v) is 8.54. The van der Waals surface area contributed by atoms with Crippen LogP contribution in [-0.2, 0) is 0 Å². The van der Waals surface area contributed by atoms with Crippen LogP contribution in [0.3, 0.4) is 0 Å². The van der Waals surface area contributed by atoms with Crippen LogP contribution in [0.2, 0.25) is 5.02 Å². The molecular weight excluding hydrogens is 439 g/mol. The van der Waals surface area contributed by atoms with Crippen LogP contribution in [0.15, 0.2) is 31.8 Å². The number of amides is 1. The van der Waals surface area contributed by atoms with Gasteiger partial charge in [-0.2, -0.15) is 0 Å². The summed E-state index contributed by atoms with van der Waals surface area (Å²) in [4.78, 5) is 12.3. The summed E-state index contributed by atoms with van der Waals surface area (Å²) in [5.74, 6) is 5.43. The molecule has 21 heavy (non-hydrogen) atoms. The number of benzene rings is 1. The summed E-state index contributed by atoms with van der Waals surface area (Å²) < 4.78 is 1.63. The van der Waals surface area contributed by atoms with Gasteiger partial charge in [0.05, 0.1) is 25.4 Å². The molecule has 2 aromatic rings. The van der Waals surface area contributed by atoms with Gasteiger partial charge in [-0.1, -0.05) is 23.4 Å². The predicted molar refractivity (Wildman–Crippen MR) is 95.1 cm³/mol. The number of anilines is 1. The molecule has 2 rings (SSSR count). The largest absolute Gasteiger partial charge is 0.321 e. The van der Waals surface area contributed by atoms with Crippen LogP contribution in [0.5, 0.6) is 0 Å². The predicted octanol–water partition coefficient (Wildman–Crippen LogP) is 4.49. The Bertz CT molecular complexity index is 749. The van der Waals surface area contributed by atoms with Crippen molar-refractivity contribution >= 4 is 66.4 Å². The molecule has 1 aromatic carbocycles. The van der Waals surface area contributed by atoms with Crippen molar-refractivity contribution in [2.24, 2.45) is 5.73 Å². The first kappa shape index (κ1) is 16.5. The van der Waals surface area contributed by atoms with Crippen molar-refractivity contribution in [1.29, 1.82) is 0 Å². The van der Waals surface area contributed by atoms with Crippen molar-refractivity contribution in [3.63, 3.8) is 0 Å². The number of nitrogens with two attached hydrogens (primary N) is 1. The maximum absolute atomic E-state index is 12.3. The highest BCUT2D eigenvalue weighted by molar-refractivity contribution is 9.12. The molecule has 1 amide bonds. The molecule has 0 fully saturated rings. The van der Waals surface area contributed by atoms with Gasteiger partial charge in [0.2, 0.25) is 0 Å². The van der Waals surface area contributed by atoms with E-state index in [0.29, 0.717) is 21.8 Å². The fourth-order valence-electron chi connectivity index (χ4n) is 1.56. The SMILES string of the molecule is NCC#Cc1cc(Cl)ccc1NC(=O)c1cc(Br)sc1Br. The molecule has 3 nitrogen and oxygen atoms in total. The normalized spacial score (nSPS) is 9.90. The van der Waals surface area contributed by atoms with Crippen molar-refractivity contribution in [3.8, 4) is 11.8 Å². The van der Waals surface area contributed by atoms with Gasteiger partial charge >= 0.3 is 0 Å². The van der Waals surface area contributed by atoms with Crippen LogP contribution in [0.4, 0.5) is 5.69 Å². The second-order valence-electron chi connectivity index (χ2n) is 3.89. The number of carbonyl (C=O) groups excluding carboxylic acids is 1. The Labute approximate surface area is 148 Å². The Morgan fingerprint density at radius 3 is 2.76 bits per heavy atom. The third-order valence-corrected chi connectivity index (χ3v) is 5.03. The summed E-state index contributed by atoms with van der Waals surface area (Å²) in [6, 6.07) is 6.86. The second kappa shape index (κ2) is 7.43. The van der Waals surface area contributed by atoms with Gasteiger partial charge in [0.15, 0.2) is 0 Å². The van der Waals surface area contributed by atoms with Gasteiger partial charge < -0.3 is 11.1 Å². The van der Waals surface area contributed by atoms with E-state index in [2.05, 4.69) is 49.0 Å². The molecule has 0 atom stereocenters. The van der Waals surface area contributed by atoms with Crippen LogP contribution in [0.1, 0.15) is 15.9 Å².